The minimum absolute atomic E-state index is 0.614. The Bertz CT molecular complexity index is 237. The highest BCUT2D eigenvalue weighted by Gasteiger charge is 2.22. The van der Waals surface area contributed by atoms with Crippen molar-refractivity contribution in [1.29, 1.82) is 0 Å². The van der Waals surface area contributed by atoms with E-state index in [0.717, 1.165) is 13.1 Å². The lowest BCUT2D eigenvalue weighted by atomic mass is 10.0. The van der Waals surface area contributed by atoms with Gasteiger partial charge in [-0.05, 0) is 20.5 Å². The molecular weight excluding hydrogens is 260 g/mol. The Morgan fingerprint density at radius 2 is 1.67 bits per heavy atom. The van der Waals surface area contributed by atoms with Crippen LogP contribution in [0.15, 0.2) is 0 Å². The van der Waals surface area contributed by atoms with Crippen molar-refractivity contribution in [2.24, 2.45) is 5.73 Å². The average molecular weight is 299 g/mol. The number of piperazine rings is 1. The van der Waals surface area contributed by atoms with Crippen molar-refractivity contribution in [2.75, 3.05) is 59.9 Å². The molecule has 1 saturated heterocycles. The van der Waals surface area contributed by atoms with Crippen molar-refractivity contribution in [3.05, 3.63) is 0 Å². The minimum atomic E-state index is 0.614. The second kappa shape index (κ2) is 11.4. The summed E-state index contributed by atoms with van der Waals surface area (Å²) in [5, 5.41) is 0. The van der Waals surface area contributed by atoms with Crippen LogP contribution >= 0.6 is 0 Å². The quantitative estimate of drug-likeness (QED) is 0.591. The standard InChI is InChI=1S/C17H38N4/c1-4-5-6-7-8-9-17(16-18)21-14-12-20(13-15-21)11-10-19(2)3/h17H,4-16,18H2,1-3H3. The smallest absolute Gasteiger partial charge is 0.0219 e. The summed E-state index contributed by atoms with van der Waals surface area (Å²) in [7, 11) is 4.30. The van der Waals surface area contributed by atoms with Gasteiger partial charge in [-0.1, -0.05) is 39.0 Å². The molecule has 0 amide bonds. The van der Waals surface area contributed by atoms with E-state index in [1.165, 1.54) is 71.2 Å². The van der Waals surface area contributed by atoms with E-state index in [4.69, 9.17) is 5.73 Å². The summed E-state index contributed by atoms with van der Waals surface area (Å²) in [6, 6.07) is 0.614. The first-order valence-electron chi connectivity index (χ1n) is 8.98. The number of likely N-dealkylation sites (N-methyl/N-ethyl adjacent to an activating group) is 1. The van der Waals surface area contributed by atoms with Crippen molar-refractivity contribution in [2.45, 2.75) is 51.5 Å². The molecule has 0 saturated carbocycles. The van der Waals surface area contributed by atoms with Gasteiger partial charge in [0, 0.05) is 51.9 Å². The summed E-state index contributed by atoms with van der Waals surface area (Å²) >= 11 is 0. The number of hydrogen-bond acceptors (Lipinski definition) is 4. The third kappa shape index (κ3) is 8.15. The van der Waals surface area contributed by atoms with Gasteiger partial charge in [-0.15, -0.1) is 0 Å². The molecule has 1 atom stereocenters. The van der Waals surface area contributed by atoms with Gasteiger partial charge in [0.1, 0.15) is 0 Å². The summed E-state index contributed by atoms with van der Waals surface area (Å²) < 4.78 is 0. The van der Waals surface area contributed by atoms with E-state index >= 15 is 0 Å². The van der Waals surface area contributed by atoms with Crippen LogP contribution in [0.25, 0.3) is 0 Å². The van der Waals surface area contributed by atoms with E-state index in [9.17, 15) is 0 Å². The summed E-state index contributed by atoms with van der Waals surface area (Å²) in [5.41, 5.74) is 6.02. The zero-order chi connectivity index (χ0) is 15.5. The molecule has 0 radical (unpaired) electrons. The maximum Gasteiger partial charge on any atom is 0.0219 e. The van der Waals surface area contributed by atoms with Crippen LogP contribution < -0.4 is 5.73 Å². The fourth-order valence-electron chi connectivity index (χ4n) is 3.13. The summed E-state index contributed by atoms with van der Waals surface area (Å²) in [6.45, 7) is 10.3. The Labute approximate surface area is 132 Å². The molecule has 1 rings (SSSR count). The van der Waals surface area contributed by atoms with Gasteiger partial charge in [-0.25, -0.2) is 0 Å². The predicted octanol–water partition coefficient (Wildman–Crippen LogP) is 1.85. The molecule has 1 aliphatic rings. The van der Waals surface area contributed by atoms with Crippen molar-refractivity contribution < 1.29 is 0 Å². The Kier molecular flexibility index (Phi) is 10.3. The summed E-state index contributed by atoms with van der Waals surface area (Å²) in [6.07, 6.45) is 8.13. The fraction of sp³-hybridized carbons (Fsp3) is 1.00. The fourth-order valence-corrected chi connectivity index (χ4v) is 3.13. The minimum Gasteiger partial charge on any atom is -0.329 e. The van der Waals surface area contributed by atoms with Crippen molar-refractivity contribution >= 4 is 0 Å². The third-order valence-corrected chi connectivity index (χ3v) is 4.70. The van der Waals surface area contributed by atoms with Gasteiger partial charge < -0.3 is 10.6 Å². The maximum atomic E-state index is 6.02. The molecule has 1 heterocycles. The molecule has 0 aromatic rings. The Morgan fingerprint density at radius 1 is 1.00 bits per heavy atom. The molecule has 4 heteroatoms. The van der Waals surface area contributed by atoms with Crippen LogP contribution in [0.4, 0.5) is 0 Å². The van der Waals surface area contributed by atoms with Crippen LogP contribution in [0.3, 0.4) is 0 Å². The van der Waals surface area contributed by atoms with E-state index in [-0.39, 0.29) is 0 Å². The van der Waals surface area contributed by atoms with Gasteiger partial charge in [-0.3, -0.25) is 9.80 Å². The molecule has 1 aliphatic heterocycles. The van der Waals surface area contributed by atoms with E-state index in [1.54, 1.807) is 0 Å². The van der Waals surface area contributed by atoms with Gasteiger partial charge >= 0.3 is 0 Å². The van der Waals surface area contributed by atoms with E-state index in [0.29, 0.717) is 6.04 Å². The highest BCUT2D eigenvalue weighted by Crippen LogP contribution is 2.13. The van der Waals surface area contributed by atoms with Gasteiger partial charge in [-0.2, -0.15) is 0 Å². The monoisotopic (exact) mass is 298 g/mol. The van der Waals surface area contributed by atoms with Crippen LogP contribution in [0.1, 0.15) is 45.4 Å². The largest absolute Gasteiger partial charge is 0.329 e. The first-order chi connectivity index (χ1) is 10.2. The summed E-state index contributed by atoms with van der Waals surface area (Å²) in [5.74, 6) is 0. The topological polar surface area (TPSA) is 35.7 Å². The van der Waals surface area contributed by atoms with E-state index in [2.05, 4.69) is 35.7 Å². The van der Waals surface area contributed by atoms with E-state index < -0.39 is 0 Å². The molecule has 0 aromatic carbocycles. The molecule has 2 N–H and O–H groups in total. The predicted molar refractivity (Wildman–Crippen MR) is 92.8 cm³/mol. The molecule has 1 unspecified atom stereocenters. The lowest BCUT2D eigenvalue weighted by Gasteiger charge is -2.39. The zero-order valence-electron chi connectivity index (χ0n) is 14.7. The number of hydrogen-bond donors (Lipinski definition) is 1. The van der Waals surface area contributed by atoms with Crippen LogP contribution in [-0.2, 0) is 0 Å². The van der Waals surface area contributed by atoms with Gasteiger partial charge in [0.05, 0.1) is 0 Å². The van der Waals surface area contributed by atoms with Crippen LogP contribution in [-0.4, -0.2) is 80.7 Å². The Hall–Kier alpha value is -0.160. The van der Waals surface area contributed by atoms with Crippen LogP contribution in [0.2, 0.25) is 0 Å². The molecule has 0 aliphatic carbocycles. The molecule has 4 nitrogen and oxygen atoms in total. The normalized spacial score (nSPS) is 19.3. The van der Waals surface area contributed by atoms with Gasteiger partial charge in [0.25, 0.3) is 0 Å². The first-order valence-corrected chi connectivity index (χ1v) is 8.98. The molecule has 0 spiro atoms. The van der Waals surface area contributed by atoms with Crippen molar-refractivity contribution in [3.63, 3.8) is 0 Å². The van der Waals surface area contributed by atoms with E-state index in [1.807, 2.05) is 0 Å². The molecule has 21 heavy (non-hydrogen) atoms. The van der Waals surface area contributed by atoms with Crippen molar-refractivity contribution in [1.82, 2.24) is 14.7 Å². The molecule has 0 bridgehead atoms. The number of nitrogens with two attached hydrogens (primary N) is 1. The molecule has 126 valence electrons. The second-order valence-electron chi connectivity index (χ2n) is 6.77. The number of nitrogens with zero attached hydrogens (tertiary/aromatic N) is 3. The first kappa shape index (κ1) is 18.9. The zero-order valence-corrected chi connectivity index (χ0v) is 14.7. The molecule has 0 aromatic heterocycles. The third-order valence-electron chi connectivity index (χ3n) is 4.70. The Balaban J connectivity index is 2.17. The highest BCUT2D eigenvalue weighted by atomic mass is 15.3. The second-order valence-corrected chi connectivity index (χ2v) is 6.77. The lowest BCUT2D eigenvalue weighted by molar-refractivity contribution is 0.0896. The van der Waals surface area contributed by atoms with Gasteiger partial charge in [0.2, 0.25) is 0 Å². The SMILES string of the molecule is CCCCCCCC(CN)N1CCN(CCN(C)C)CC1. The Morgan fingerprint density at radius 3 is 2.24 bits per heavy atom. The maximum absolute atomic E-state index is 6.02. The average Bonchev–Trinajstić information content (AvgIpc) is 2.49. The van der Waals surface area contributed by atoms with Crippen molar-refractivity contribution in [3.8, 4) is 0 Å². The number of rotatable bonds is 11. The number of unbranched alkanes of at least 4 members (excludes halogenated alkanes) is 4. The lowest BCUT2D eigenvalue weighted by Crippen LogP contribution is -2.53. The molecule has 1 fully saturated rings. The van der Waals surface area contributed by atoms with Gasteiger partial charge in [0.15, 0.2) is 0 Å². The molecular formula is C17H38N4. The van der Waals surface area contributed by atoms with Crippen LogP contribution in [0, 0.1) is 0 Å². The highest BCUT2D eigenvalue weighted by molar-refractivity contribution is 4.79. The van der Waals surface area contributed by atoms with Crippen LogP contribution in [0.5, 0.6) is 0 Å². The summed E-state index contributed by atoms with van der Waals surface area (Å²) in [4.78, 5) is 7.49.